The Kier molecular flexibility index (Phi) is 5.69. The molecule has 0 amide bonds. The molecule has 0 radical (unpaired) electrons. The van der Waals surface area contributed by atoms with Gasteiger partial charge in [-0.25, -0.2) is 0 Å². The number of hydrogen-bond donors (Lipinski definition) is 0. The Morgan fingerprint density at radius 3 is 2.71 bits per heavy atom. The number of ether oxygens (including phenoxy) is 3. The first-order chi connectivity index (χ1) is 8.11. The molecule has 0 saturated heterocycles. The van der Waals surface area contributed by atoms with Crippen LogP contribution >= 0.6 is 0 Å². The first-order valence-corrected chi connectivity index (χ1v) is 5.74. The summed E-state index contributed by atoms with van der Waals surface area (Å²) in [5.41, 5.74) is 0. The van der Waals surface area contributed by atoms with E-state index >= 15 is 0 Å². The number of esters is 2. The Morgan fingerprint density at radius 2 is 2.18 bits per heavy atom. The Bertz CT molecular complexity index is 297. The highest BCUT2D eigenvalue weighted by molar-refractivity contribution is 5.69. The maximum atomic E-state index is 11.1. The van der Waals surface area contributed by atoms with Crippen LogP contribution in [0.25, 0.3) is 0 Å². The van der Waals surface area contributed by atoms with E-state index in [0.717, 1.165) is 0 Å². The van der Waals surface area contributed by atoms with E-state index in [2.05, 4.69) is 0 Å². The molecule has 0 bridgehead atoms. The lowest BCUT2D eigenvalue weighted by Gasteiger charge is -2.23. The molecule has 1 aliphatic rings. The summed E-state index contributed by atoms with van der Waals surface area (Å²) in [7, 11) is 0. The summed E-state index contributed by atoms with van der Waals surface area (Å²) in [6, 6.07) is 0. The van der Waals surface area contributed by atoms with Crippen molar-refractivity contribution in [3.05, 3.63) is 12.2 Å². The Balaban J connectivity index is 2.25. The van der Waals surface area contributed by atoms with Gasteiger partial charge in [0, 0.05) is 13.3 Å². The van der Waals surface area contributed by atoms with Gasteiger partial charge in [0.05, 0.1) is 19.3 Å². The van der Waals surface area contributed by atoms with E-state index in [4.69, 9.17) is 14.2 Å². The highest BCUT2D eigenvalue weighted by Crippen LogP contribution is 2.13. The summed E-state index contributed by atoms with van der Waals surface area (Å²) >= 11 is 0. The van der Waals surface area contributed by atoms with Crippen molar-refractivity contribution in [3.8, 4) is 0 Å². The van der Waals surface area contributed by atoms with Gasteiger partial charge >= 0.3 is 11.9 Å². The Morgan fingerprint density at radius 1 is 1.41 bits per heavy atom. The van der Waals surface area contributed by atoms with Crippen LogP contribution in [0, 0.1) is 0 Å². The lowest BCUT2D eigenvalue weighted by molar-refractivity contribution is -0.148. The van der Waals surface area contributed by atoms with Gasteiger partial charge < -0.3 is 14.2 Å². The molecule has 1 aliphatic heterocycles. The summed E-state index contributed by atoms with van der Waals surface area (Å²) in [4.78, 5) is 21.8. The molecular formula is C12H18O5. The van der Waals surface area contributed by atoms with Crippen molar-refractivity contribution in [1.82, 2.24) is 0 Å². The molecule has 96 valence electrons. The second kappa shape index (κ2) is 7.06. The number of carbonyl (C=O) groups is 2. The summed E-state index contributed by atoms with van der Waals surface area (Å²) in [6.07, 6.45) is 4.11. The first kappa shape index (κ1) is 13.7. The quantitative estimate of drug-likeness (QED) is 0.535. The van der Waals surface area contributed by atoms with Crippen molar-refractivity contribution in [3.63, 3.8) is 0 Å². The second-order valence-electron chi connectivity index (χ2n) is 3.75. The van der Waals surface area contributed by atoms with Crippen LogP contribution in [0.5, 0.6) is 0 Å². The summed E-state index contributed by atoms with van der Waals surface area (Å²) in [6.45, 7) is 3.87. The van der Waals surface area contributed by atoms with Gasteiger partial charge in [0.1, 0.15) is 6.10 Å². The van der Waals surface area contributed by atoms with Crippen LogP contribution in [0.4, 0.5) is 0 Å². The molecular weight excluding hydrogens is 224 g/mol. The molecule has 0 fully saturated rings. The zero-order chi connectivity index (χ0) is 12.7. The number of hydrogen-bond acceptors (Lipinski definition) is 5. The van der Waals surface area contributed by atoms with Gasteiger partial charge in [-0.2, -0.15) is 0 Å². The molecule has 0 aromatic heterocycles. The molecule has 17 heavy (non-hydrogen) atoms. The maximum absolute atomic E-state index is 11.1. The lowest BCUT2D eigenvalue weighted by Crippen LogP contribution is -2.28. The minimum Gasteiger partial charge on any atom is -0.466 e. The van der Waals surface area contributed by atoms with E-state index in [0.29, 0.717) is 26.1 Å². The fourth-order valence-corrected chi connectivity index (χ4v) is 1.54. The number of carbonyl (C=O) groups excluding carboxylic acids is 2. The summed E-state index contributed by atoms with van der Waals surface area (Å²) in [5.74, 6) is -0.542. The first-order valence-electron chi connectivity index (χ1n) is 5.74. The molecule has 1 rings (SSSR count). The predicted octanol–water partition coefficient (Wildman–Crippen LogP) is 1.22. The van der Waals surface area contributed by atoms with Crippen molar-refractivity contribution in [1.29, 1.82) is 0 Å². The summed E-state index contributed by atoms with van der Waals surface area (Å²) in [5, 5.41) is 0. The third kappa shape index (κ3) is 5.49. The van der Waals surface area contributed by atoms with Gasteiger partial charge in [0.15, 0.2) is 0 Å². The highest BCUT2D eigenvalue weighted by atomic mass is 16.6. The third-order valence-corrected chi connectivity index (χ3v) is 2.27. The average Bonchev–Trinajstić information content (AvgIpc) is 2.28. The van der Waals surface area contributed by atoms with E-state index < -0.39 is 0 Å². The molecule has 0 spiro atoms. The van der Waals surface area contributed by atoms with E-state index in [1.165, 1.54) is 6.92 Å². The number of rotatable bonds is 5. The molecule has 5 heteroatoms. The zero-order valence-corrected chi connectivity index (χ0v) is 10.2. The monoisotopic (exact) mass is 242 g/mol. The van der Waals surface area contributed by atoms with Crippen LogP contribution in [-0.2, 0) is 23.8 Å². The molecule has 0 aliphatic carbocycles. The standard InChI is InChI=1S/C12H18O5/c1-3-15-12(14)7-6-10-4-5-11(8-16-10)17-9(2)13/h4-5,10-11H,3,6-8H2,1-2H3/t10-,11+/m1/s1. The van der Waals surface area contributed by atoms with E-state index in [1.54, 1.807) is 13.0 Å². The van der Waals surface area contributed by atoms with Gasteiger partial charge in [-0.3, -0.25) is 9.59 Å². The molecule has 0 unspecified atom stereocenters. The molecule has 2 atom stereocenters. The normalized spacial score (nSPS) is 23.2. The van der Waals surface area contributed by atoms with Gasteiger partial charge in [-0.15, -0.1) is 0 Å². The van der Waals surface area contributed by atoms with Gasteiger partial charge in [-0.05, 0) is 19.4 Å². The topological polar surface area (TPSA) is 61.8 Å². The van der Waals surface area contributed by atoms with Gasteiger partial charge in [0.25, 0.3) is 0 Å². The molecule has 0 saturated carbocycles. The van der Waals surface area contributed by atoms with Crippen LogP contribution < -0.4 is 0 Å². The van der Waals surface area contributed by atoms with E-state index in [9.17, 15) is 9.59 Å². The Hall–Kier alpha value is -1.36. The van der Waals surface area contributed by atoms with Crippen molar-refractivity contribution in [2.24, 2.45) is 0 Å². The van der Waals surface area contributed by atoms with Crippen molar-refractivity contribution in [2.45, 2.75) is 38.9 Å². The van der Waals surface area contributed by atoms with Crippen LogP contribution in [0.1, 0.15) is 26.7 Å². The third-order valence-electron chi connectivity index (χ3n) is 2.27. The lowest BCUT2D eigenvalue weighted by atomic mass is 10.1. The van der Waals surface area contributed by atoms with E-state index in [1.807, 2.05) is 6.08 Å². The second-order valence-corrected chi connectivity index (χ2v) is 3.75. The fraction of sp³-hybridized carbons (Fsp3) is 0.667. The zero-order valence-electron chi connectivity index (χ0n) is 10.2. The fourth-order valence-electron chi connectivity index (χ4n) is 1.54. The largest absolute Gasteiger partial charge is 0.466 e. The van der Waals surface area contributed by atoms with Crippen molar-refractivity contribution < 1.29 is 23.8 Å². The minimum atomic E-state index is -0.326. The maximum Gasteiger partial charge on any atom is 0.305 e. The predicted molar refractivity (Wildman–Crippen MR) is 60.3 cm³/mol. The highest BCUT2D eigenvalue weighted by Gasteiger charge is 2.18. The van der Waals surface area contributed by atoms with Crippen molar-refractivity contribution >= 4 is 11.9 Å². The SMILES string of the molecule is CCOC(=O)CC[C@H]1C=C[C@H](OC(C)=O)CO1. The average molecular weight is 242 g/mol. The Labute approximate surface area is 101 Å². The molecule has 0 aromatic rings. The molecule has 0 N–H and O–H groups in total. The van der Waals surface area contributed by atoms with Gasteiger partial charge in [-0.1, -0.05) is 6.08 Å². The molecule has 5 nitrogen and oxygen atoms in total. The van der Waals surface area contributed by atoms with Crippen LogP contribution in [0.15, 0.2) is 12.2 Å². The van der Waals surface area contributed by atoms with E-state index in [-0.39, 0.29) is 24.1 Å². The smallest absolute Gasteiger partial charge is 0.305 e. The molecule has 0 aromatic carbocycles. The van der Waals surface area contributed by atoms with Crippen LogP contribution in [0.2, 0.25) is 0 Å². The van der Waals surface area contributed by atoms with Gasteiger partial charge in [0.2, 0.25) is 0 Å². The minimum absolute atomic E-state index is 0.105. The van der Waals surface area contributed by atoms with Crippen LogP contribution in [0.3, 0.4) is 0 Å². The van der Waals surface area contributed by atoms with Crippen molar-refractivity contribution in [2.75, 3.05) is 13.2 Å². The molecule has 1 heterocycles. The summed E-state index contributed by atoms with van der Waals surface area (Å²) < 4.78 is 15.2. The van der Waals surface area contributed by atoms with Crippen LogP contribution in [-0.4, -0.2) is 37.4 Å².